The number of carbonyl (C=O) groups is 1. The number of halogens is 1. The van der Waals surface area contributed by atoms with Crippen LogP contribution in [0, 0.1) is 0 Å². The molecule has 0 N–H and O–H groups in total. The fourth-order valence-corrected chi connectivity index (χ4v) is 2.99. The molecule has 1 aromatic carbocycles. The molecular formula is C14H18BrNO. The van der Waals surface area contributed by atoms with Crippen molar-refractivity contribution in [2.45, 2.75) is 45.2 Å². The minimum atomic E-state index is 0.158. The number of rotatable bonds is 1. The molecule has 1 saturated heterocycles. The molecule has 1 amide bonds. The van der Waals surface area contributed by atoms with E-state index in [0.29, 0.717) is 12.1 Å². The maximum absolute atomic E-state index is 12.5. The molecule has 1 aromatic rings. The van der Waals surface area contributed by atoms with E-state index in [2.05, 4.69) is 29.8 Å². The lowest BCUT2D eigenvalue weighted by Crippen LogP contribution is -2.47. The van der Waals surface area contributed by atoms with Gasteiger partial charge in [-0.25, -0.2) is 0 Å². The minimum Gasteiger partial charge on any atom is -0.333 e. The van der Waals surface area contributed by atoms with E-state index in [1.165, 1.54) is 6.42 Å². The van der Waals surface area contributed by atoms with Crippen molar-refractivity contribution in [2.75, 3.05) is 0 Å². The van der Waals surface area contributed by atoms with Gasteiger partial charge in [0.1, 0.15) is 0 Å². The molecule has 3 heteroatoms. The smallest absolute Gasteiger partial charge is 0.254 e. The van der Waals surface area contributed by atoms with Crippen LogP contribution < -0.4 is 0 Å². The van der Waals surface area contributed by atoms with E-state index in [9.17, 15) is 4.79 Å². The summed E-state index contributed by atoms with van der Waals surface area (Å²) in [4.78, 5) is 14.5. The number of carbonyl (C=O) groups excluding carboxylic acids is 1. The first-order valence-electron chi connectivity index (χ1n) is 6.18. The third-order valence-electron chi connectivity index (χ3n) is 3.50. The van der Waals surface area contributed by atoms with Crippen molar-refractivity contribution in [1.82, 2.24) is 4.90 Å². The molecule has 0 radical (unpaired) electrons. The van der Waals surface area contributed by atoms with Crippen molar-refractivity contribution in [3.63, 3.8) is 0 Å². The molecule has 2 atom stereocenters. The summed E-state index contributed by atoms with van der Waals surface area (Å²) < 4.78 is 0.959. The van der Waals surface area contributed by atoms with Crippen LogP contribution in [0.4, 0.5) is 0 Å². The molecule has 92 valence electrons. The van der Waals surface area contributed by atoms with Crippen LogP contribution in [0.25, 0.3) is 0 Å². The number of hydrogen-bond donors (Lipinski definition) is 0. The molecule has 0 aromatic heterocycles. The highest BCUT2D eigenvalue weighted by Gasteiger charge is 2.29. The maximum Gasteiger partial charge on any atom is 0.254 e. The van der Waals surface area contributed by atoms with E-state index in [-0.39, 0.29) is 5.91 Å². The Bertz CT molecular complexity index is 408. The lowest BCUT2D eigenvalue weighted by Gasteiger charge is -2.39. The van der Waals surface area contributed by atoms with Gasteiger partial charge in [-0.1, -0.05) is 22.0 Å². The van der Waals surface area contributed by atoms with Crippen molar-refractivity contribution in [1.29, 1.82) is 0 Å². The van der Waals surface area contributed by atoms with Crippen molar-refractivity contribution in [3.05, 3.63) is 34.3 Å². The van der Waals surface area contributed by atoms with E-state index in [0.717, 1.165) is 22.9 Å². The molecule has 17 heavy (non-hydrogen) atoms. The lowest BCUT2D eigenvalue weighted by molar-refractivity contribution is 0.0510. The topological polar surface area (TPSA) is 20.3 Å². The van der Waals surface area contributed by atoms with Gasteiger partial charge >= 0.3 is 0 Å². The van der Waals surface area contributed by atoms with E-state index >= 15 is 0 Å². The molecule has 0 bridgehead atoms. The highest BCUT2D eigenvalue weighted by Crippen LogP contribution is 2.25. The largest absolute Gasteiger partial charge is 0.333 e. The summed E-state index contributed by atoms with van der Waals surface area (Å²) in [6, 6.07) is 8.35. The first-order chi connectivity index (χ1) is 8.09. The summed E-state index contributed by atoms with van der Waals surface area (Å²) >= 11 is 3.41. The van der Waals surface area contributed by atoms with Crippen LogP contribution in [0.15, 0.2) is 28.7 Å². The highest BCUT2D eigenvalue weighted by molar-refractivity contribution is 9.10. The second-order valence-corrected chi connectivity index (χ2v) is 5.77. The summed E-state index contributed by atoms with van der Waals surface area (Å²) in [6.45, 7) is 4.29. The zero-order chi connectivity index (χ0) is 12.4. The lowest BCUT2D eigenvalue weighted by atomic mass is 9.96. The van der Waals surface area contributed by atoms with E-state index < -0.39 is 0 Å². The van der Waals surface area contributed by atoms with E-state index in [1.807, 2.05) is 29.2 Å². The van der Waals surface area contributed by atoms with Gasteiger partial charge in [0.05, 0.1) is 0 Å². The summed E-state index contributed by atoms with van der Waals surface area (Å²) in [7, 11) is 0. The van der Waals surface area contributed by atoms with Crippen molar-refractivity contribution in [2.24, 2.45) is 0 Å². The van der Waals surface area contributed by atoms with Crippen LogP contribution in [-0.2, 0) is 0 Å². The predicted octanol–water partition coefficient (Wildman–Crippen LogP) is 3.85. The number of amides is 1. The standard InChI is InChI=1S/C14H18BrNO/c1-10-5-3-6-11(2)16(10)14(17)12-7-4-8-13(15)9-12/h4,7-11H,3,5-6H2,1-2H3. The van der Waals surface area contributed by atoms with Crippen LogP contribution in [0.2, 0.25) is 0 Å². The number of likely N-dealkylation sites (tertiary alicyclic amines) is 1. The number of piperidine rings is 1. The molecule has 2 rings (SSSR count). The van der Waals surface area contributed by atoms with Crippen molar-refractivity contribution < 1.29 is 4.79 Å². The van der Waals surface area contributed by atoms with Gasteiger partial charge in [0.25, 0.3) is 5.91 Å². The number of nitrogens with zero attached hydrogens (tertiary/aromatic N) is 1. The van der Waals surface area contributed by atoms with Crippen LogP contribution in [0.5, 0.6) is 0 Å². The molecule has 0 saturated carbocycles. The molecule has 1 fully saturated rings. The van der Waals surface area contributed by atoms with Crippen LogP contribution >= 0.6 is 15.9 Å². The van der Waals surface area contributed by atoms with Gasteiger partial charge in [0.15, 0.2) is 0 Å². The molecule has 1 aliphatic heterocycles. The molecule has 1 aliphatic rings. The molecule has 0 aliphatic carbocycles. The SMILES string of the molecule is CC1CCCC(C)N1C(=O)c1cccc(Br)c1. The predicted molar refractivity (Wildman–Crippen MR) is 73.1 cm³/mol. The molecule has 1 heterocycles. The average Bonchev–Trinajstić information content (AvgIpc) is 2.28. The Morgan fingerprint density at radius 2 is 1.94 bits per heavy atom. The Morgan fingerprint density at radius 3 is 2.53 bits per heavy atom. The average molecular weight is 296 g/mol. The minimum absolute atomic E-state index is 0.158. The van der Waals surface area contributed by atoms with Gasteiger partial charge in [-0.2, -0.15) is 0 Å². The van der Waals surface area contributed by atoms with Crippen LogP contribution in [0.1, 0.15) is 43.5 Å². The quantitative estimate of drug-likeness (QED) is 0.771. The molecule has 2 unspecified atom stereocenters. The van der Waals surface area contributed by atoms with Crippen molar-refractivity contribution >= 4 is 21.8 Å². The third kappa shape index (κ3) is 2.71. The third-order valence-corrected chi connectivity index (χ3v) is 3.99. The van der Waals surface area contributed by atoms with Gasteiger partial charge in [-0.05, 0) is 51.3 Å². The van der Waals surface area contributed by atoms with Gasteiger partial charge in [-0.3, -0.25) is 4.79 Å². The Balaban J connectivity index is 2.24. The van der Waals surface area contributed by atoms with E-state index in [4.69, 9.17) is 0 Å². The van der Waals surface area contributed by atoms with E-state index in [1.54, 1.807) is 0 Å². The fraction of sp³-hybridized carbons (Fsp3) is 0.500. The zero-order valence-corrected chi connectivity index (χ0v) is 11.9. The summed E-state index contributed by atoms with van der Waals surface area (Å²) in [5.74, 6) is 0.158. The second kappa shape index (κ2) is 5.21. The Labute approximate surface area is 111 Å². The first-order valence-corrected chi connectivity index (χ1v) is 6.97. The van der Waals surface area contributed by atoms with Gasteiger partial charge < -0.3 is 4.90 Å². The number of hydrogen-bond acceptors (Lipinski definition) is 1. The molecular weight excluding hydrogens is 278 g/mol. The van der Waals surface area contributed by atoms with Gasteiger partial charge in [0.2, 0.25) is 0 Å². The van der Waals surface area contributed by atoms with Gasteiger partial charge in [-0.15, -0.1) is 0 Å². The first kappa shape index (κ1) is 12.6. The monoisotopic (exact) mass is 295 g/mol. The second-order valence-electron chi connectivity index (χ2n) is 4.85. The normalized spacial score (nSPS) is 24.8. The summed E-state index contributed by atoms with van der Waals surface area (Å²) in [5.41, 5.74) is 0.778. The number of benzene rings is 1. The molecule has 0 spiro atoms. The zero-order valence-electron chi connectivity index (χ0n) is 10.3. The molecule has 2 nitrogen and oxygen atoms in total. The Morgan fingerprint density at radius 1 is 1.29 bits per heavy atom. The summed E-state index contributed by atoms with van der Waals surface area (Å²) in [5, 5.41) is 0. The Hall–Kier alpha value is -0.830. The van der Waals surface area contributed by atoms with Crippen molar-refractivity contribution in [3.8, 4) is 0 Å². The summed E-state index contributed by atoms with van der Waals surface area (Å²) in [6.07, 6.45) is 3.46. The van der Waals surface area contributed by atoms with Gasteiger partial charge in [0, 0.05) is 22.1 Å². The maximum atomic E-state index is 12.5. The fourth-order valence-electron chi connectivity index (χ4n) is 2.59. The van der Waals surface area contributed by atoms with Crippen LogP contribution in [0.3, 0.4) is 0 Å². The Kier molecular flexibility index (Phi) is 3.87. The highest BCUT2D eigenvalue weighted by atomic mass is 79.9. The van der Waals surface area contributed by atoms with Crippen LogP contribution in [-0.4, -0.2) is 22.9 Å².